The predicted octanol–water partition coefficient (Wildman–Crippen LogP) is 4.74. The van der Waals surface area contributed by atoms with Crippen LogP contribution in [0.4, 0.5) is 5.69 Å². The molecule has 3 heterocycles. The number of aliphatic hydroxyl groups excluding tert-OH is 4. The normalized spacial score (nSPS) is 29.4. The molecule has 12 N–H and O–H groups in total. The summed E-state index contributed by atoms with van der Waals surface area (Å²) in [5.74, 6) is -4.61. The molecule has 29 nitrogen and oxygen atoms in total. The van der Waals surface area contributed by atoms with Crippen LogP contribution in [0, 0.1) is 40.4 Å². The molecule has 2 saturated heterocycles. The van der Waals surface area contributed by atoms with Gasteiger partial charge in [-0.25, -0.2) is 0 Å². The van der Waals surface area contributed by atoms with Crippen LogP contribution >= 0.6 is 0 Å². The van der Waals surface area contributed by atoms with Gasteiger partial charge in [0.2, 0.25) is 47.3 Å². The molecule has 2 saturated carbocycles. The van der Waals surface area contributed by atoms with Crippen molar-refractivity contribution in [3.8, 4) is 5.75 Å². The molecule has 0 aromatic heterocycles. The van der Waals surface area contributed by atoms with Crippen LogP contribution in [0.3, 0.4) is 0 Å². The monoisotopic (exact) mass is 1540 g/mol. The fraction of sp³-hybridized carbons (Fsp3) is 0.716. The van der Waals surface area contributed by atoms with E-state index in [1.165, 1.54) is 15.5 Å². The molecule has 0 spiro atoms. The van der Waals surface area contributed by atoms with Crippen molar-refractivity contribution in [2.75, 3.05) is 84.5 Å². The Morgan fingerprint density at radius 1 is 0.682 bits per heavy atom. The number of aliphatic hydroxyl groups is 4. The number of rotatable bonds is 36. The van der Waals surface area contributed by atoms with Crippen LogP contribution in [0.1, 0.15) is 200 Å². The van der Waals surface area contributed by atoms with Gasteiger partial charge in [0.1, 0.15) is 48.9 Å². The zero-order valence-corrected chi connectivity index (χ0v) is 65.6. The molecule has 2 aromatic carbocycles. The Hall–Kier alpha value is -7.03. The summed E-state index contributed by atoms with van der Waals surface area (Å²) in [7, 11) is 0. The Kier molecular flexibility index (Phi) is 29.7. The van der Waals surface area contributed by atoms with Gasteiger partial charge in [-0.15, -0.1) is 5.53 Å². The Labute approximate surface area is 645 Å². The van der Waals surface area contributed by atoms with Gasteiger partial charge in [0.15, 0.2) is 12.0 Å². The number of imide groups is 2. The smallest absolute Gasteiger partial charge is 0.246 e. The number of hydrogen-bond donors (Lipinski definition) is 12. The predicted molar refractivity (Wildman–Crippen MR) is 403 cm³/mol. The number of ether oxygens (including phenoxy) is 6. The van der Waals surface area contributed by atoms with E-state index in [4.69, 9.17) is 28.4 Å². The van der Waals surface area contributed by atoms with Crippen molar-refractivity contribution < 1.29 is 97.1 Å². The summed E-state index contributed by atoms with van der Waals surface area (Å²) in [4.78, 5) is 125. The van der Waals surface area contributed by atoms with E-state index < -0.39 is 107 Å². The van der Waals surface area contributed by atoms with Gasteiger partial charge in [-0.3, -0.25) is 58.4 Å². The number of ketones is 1. The highest BCUT2D eigenvalue weighted by molar-refractivity contribution is 6.03. The van der Waals surface area contributed by atoms with Crippen molar-refractivity contribution >= 4 is 58.7 Å². The number of nitrogens with one attached hydrogen (secondary N) is 7. The van der Waals surface area contributed by atoms with Gasteiger partial charge < -0.3 is 80.6 Å². The number of Topliss-reactive ketones (excluding diaryl/α,β-unsaturated/α-hetero) is 1. The fourth-order valence-electron chi connectivity index (χ4n) is 18.7. The molecule has 5 aliphatic carbocycles. The lowest BCUT2D eigenvalue weighted by Gasteiger charge is -2.56. The molecule has 8 amide bonds. The maximum absolute atomic E-state index is 14.9. The summed E-state index contributed by atoms with van der Waals surface area (Å²) in [6, 6.07) is 9.34. The van der Waals surface area contributed by atoms with E-state index in [0.29, 0.717) is 62.0 Å². The topological polar surface area (TPSA) is 401 Å². The van der Waals surface area contributed by atoms with E-state index in [1.54, 1.807) is 33.8 Å². The highest BCUT2D eigenvalue weighted by Gasteiger charge is 2.59. The van der Waals surface area contributed by atoms with Gasteiger partial charge in [0, 0.05) is 43.3 Å². The number of nitrogens with zero attached hydrogens (tertiary/aromatic N) is 2. The van der Waals surface area contributed by atoms with Crippen molar-refractivity contribution in [2.24, 2.45) is 40.4 Å². The number of aryl methyl sites for hydroxylation is 2. The summed E-state index contributed by atoms with van der Waals surface area (Å²) >= 11 is 0. The van der Waals surface area contributed by atoms with Crippen molar-refractivity contribution in [3.63, 3.8) is 0 Å². The first-order valence-corrected chi connectivity index (χ1v) is 40.2. The number of fused-ring (bicyclic) bond motifs is 6. The van der Waals surface area contributed by atoms with E-state index in [0.717, 1.165) is 80.9 Å². The lowest BCUT2D eigenvalue weighted by atomic mass is 9.49. The van der Waals surface area contributed by atoms with Crippen LogP contribution in [0.2, 0.25) is 0 Å². The first kappa shape index (κ1) is 85.4. The molecule has 4 fully saturated rings. The number of likely N-dealkylation sites (tertiary alicyclic amines) is 1. The van der Waals surface area contributed by atoms with Gasteiger partial charge in [0.25, 0.3) is 0 Å². The number of amides is 8. The molecule has 16 atom stereocenters. The van der Waals surface area contributed by atoms with Crippen LogP contribution in [0.5, 0.6) is 5.75 Å². The van der Waals surface area contributed by atoms with E-state index in [1.807, 2.05) is 44.2 Å². The Balaban J connectivity index is 0.709. The van der Waals surface area contributed by atoms with Crippen LogP contribution in [-0.2, 0) is 95.2 Å². The quantitative estimate of drug-likeness (QED) is 0.0324. The molecule has 10 rings (SSSR count). The number of hydrazine groups is 2. The first-order chi connectivity index (χ1) is 52.5. The number of aromatic hydroxyl groups is 1. The third-order valence-electron chi connectivity index (χ3n) is 25.1. The summed E-state index contributed by atoms with van der Waals surface area (Å²) in [6.07, 6.45) is 4.41. The maximum atomic E-state index is 14.9. The highest BCUT2D eigenvalue weighted by atomic mass is 16.6. The summed E-state index contributed by atoms with van der Waals surface area (Å²) in [5.41, 5.74) is 9.93. The minimum absolute atomic E-state index is 0.00670. The fourth-order valence-corrected chi connectivity index (χ4v) is 18.7. The number of allylic oxidation sites excluding steroid dienone is 1. The average molecular weight is 1540 g/mol. The van der Waals surface area contributed by atoms with Crippen molar-refractivity contribution in [1.82, 2.24) is 42.1 Å². The number of carbonyl (C=O) groups excluding carboxylic acids is 9. The van der Waals surface area contributed by atoms with Gasteiger partial charge in [0.05, 0.1) is 94.3 Å². The van der Waals surface area contributed by atoms with E-state index in [2.05, 4.69) is 51.4 Å². The Bertz CT molecular complexity index is 3630. The molecular formula is C81H121N9O20. The third-order valence-corrected chi connectivity index (χ3v) is 25.1. The summed E-state index contributed by atoms with van der Waals surface area (Å²) in [6.45, 7) is 16.6. The molecule has 8 aliphatic rings. The average Bonchev–Trinajstić information content (AvgIpc) is 0.863. The zero-order chi connectivity index (χ0) is 79.2. The molecule has 3 aliphatic heterocycles. The lowest BCUT2D eigenvalue weighted by molar-refractivity contribution is -0.266. The molecule has 2 aromatic rings. The molecule has 610 valence electrons. The van der Waals surface area contributed by atoms with Gasteiger partial charge in [-0.1, -0.05) is 93.2 Å². The second kappa shape index (κ2) is 38.2. The Morgan fingerprint density at radius 3 is 1.92 bits per heavy atom. The van der Waals surface area contributed by atoms with Crippen molar-refractivity contribution in [2.45, 2.75) is 250 Å². The van der Waals surface area contributed by atoms with Crippen molar-refractivity contribution in [1.29, 1.82) is 0 Å². The largest absolute Gasteiger partial charge is 0.508 e. The number of unbranched alkanes of at least 4 members (excludes halogenated alkanes) is 1. The number of phenols is 1. The third kappa shape index (κ3) is 19.8. The minimum atomic E-state index is -1.59. The first-order valence-electron chi connectivity index (χ1n) is 40.2. The molecule has 110 heavy (non-hydrogen) atoms. The molecular weight excluding hydrogens is 1420 g/mol. The van der Waals surface area contributed by atoms with E-state index in [9.17, 15) is 68.7 Å². The number of benzene rings is 2. The molecule has 0 radical (unpaired) electrons. The van der Waals surface area contributed by atoms with Crippen molar-refractivity contribution in [3.05, 3.63) is 70.0 Å². The summed E-state index contributed by atoms with van der Waals surface area (Å²) < 4.78 is 34.4. The second-order valence-corrected chi connectivity index (χ2v) is 33.1. The van der Waals surface area contributed by atoms with Crippen LogP contribution in [0.15, 0.2) is 47.8 Å². The Morgan fingerprint density at radius 2 is 1.30 bits per heavy atom. The lowest BCUT2D eigenvalue weighted by Crippen LogP contribution is -2.64. The molecule has 2 unspecified atom stereocenters. The highest BCUT2D eigenvalue weighted by Crippen LogP contribution is 2.60. The van der Waals surface area contributed by atoms with Crippen LogP contribution < -0.4 is 37.5 Å². The molecule has 0 bridgehead atoms. The number of anilines is 1. The maximum Gasteiger partial charge on any atom is 0.246 e. The van der Waals surface area contributed by atoms with Gasteiger partial charge in [-0.2, -0.15) is 0 Å². The molecule has 29 heteroatoms. The number of phenolic OH excluding ortho intramolecular Hbond substituents is 1. The number of carbonyl (C=O) groups is 9. The van der Waals surface area contributed by atoms with E-state index >= 15 is 0 Å². The minimum Gasteiger partial charge on any atom is -0.508 e. The second-order valence-electron chi connectivity index (χ2n) is 33.1. The SMILES string of the molecule is CC1CC(=O)N(CCOCCOCCOCCOCCC(=O)N[C@H](CCCCNC(=O)COC2CCCCCC3=C2NNN3[C@@H]2O[C@H](CO)[C@H](O)[C@H](O)[C@H]2O)C(=O)N[C@H](C(=O)C[C@@H](C)C(=O)Nc2ccc3c(c2)[C@@]2(C)CCC[C@](C)(C(=O)NC(=O)[C@@]4(C)CCC[C@]5(C)c6cc(O)ccc6CC[C@@H]45)[C@@H]2CC3)C(C)C)C1=O. The van der Waals surface area contributed by atoms with Gasteiger partial charge >= 0.3 is 0 Å². The number of hydrogen-bond acceptors (Lipinski definition) is 23. The van der Waals surface area contributed by atoms with Crippen LogP contribution in [0.25, 0.3) is 0 Å². The van der Waals surface area contributed by atoms with Gasteiger partial charge in [-0.05, 0) is 165 Å². The van der Waals surface area contributed by atoms with Crippen LogP contribution in [-0.4, -0.2) is 216 Å². The zero-order valence-electron chi connectivity index (χ0n) is 65.6. The standard InChI is InChI=1S/C81H121N9O20/c1-48(2)67(59(93)42-49(3)72(100)83-53-23-19-51-21-25-62-78(5,55(51)44-53)28-14-30-80(62,7)76(103)86-77(104)81(8)31-15-29-79(6)56-45-54(92)24-20-52(56)22-26-63(79)81)85-73(101)57(84-64(94)27-34-105-36-38-107-40-41-108-39-37-106-35-33-89-66(96)43-50(4)74(89)102)16-12-13-32-82-65(95)47-109-60-18-11-9-10-17-58-68(60)87-88-90(58)75-71(99)70(98)69(97)61(46-91)110-75/h19-20,23-24,44-45,48-50,57,60-63,67,69-71,75,87-88,91-92,97-99H,9-18,21-22,25-43,46-47H2,1-8H3,(H,82,95)(H,83,100)(H,84,94)(H,85,101)(H,86,103,104)/t49-,50?,57-,60?,61-,62-,63-,67+,69+,70+,71-,75-,78-,79-,80+,81+/m1/s1. The van der Waals surface area contributed by atoms with E-state index in [-0.39, 0.29) is 157 Å². The summed E-state index contributed by atoms with van der Waals surface area (Å²) in [5, 5.41) is 68.5.